The standard InChI is InChI=1S/C13H24N2O/c1-14(11-12-7-3-2-4-8-12)13(16)15-9-5-6-10-15/h12H,2-11H2,1H3. The predicted octanol–water partition coefficient (Wildman–Crippen LogP) is 2.71. The summed E-state index contributed by atoms with van der Waals surface area (Å²) in [6.07, 6.45) is 9.11. The van der Waals surface area contributed by atoms with Crippen LogP contribution in [0, 0.1) is 5.92 Å². The van der Waals surface area contributed by atoms with E-state index in [0.29, 0.717) is 0 Å². The highest BCUT2D eigenvalue weighted by molar-refractivity contribution is 5.74. The lowest BCUT2D eigenvalue weighted by Gasteiger charge is -2.29. The second-order valence-electron chi connectivity index (χ2n) is 5.36. The number of carbonyl (C=O) groups excluding carboxylic acids is 1. The normalized spacial score (nSPS) is 22.4. The first-order valence-electron chi connectivity index (χ1n) is 6.77. The third kappa shape index (κ3) is 2.89. The van der Waals surface area contributed by atoms with E-state index in [2.05, 4.69) is 0 Å². The van der Waals surface area contributed by atoms with Crippen LogP contribution in [0.3, 0.4) is 0 Å². The lowest BCUT2D eigenvalue weighted by molar-refractivity contribution is 0.160. The Balaban J connectivity index is 1.77. The van der Waals surface area contributed by atoms with Gasteiger partial charge in [0.15, 0.2) is 0 Å². The van der Waals surface area contributed by atoms with Crippen molar-refractivity contribution in [2.45, 2.75) is 44.9 Å². The van der Waals surface area contributed by atoms with Crippen molar-refractivity contribution in [1.29, 1.82) is 0 Å². The first kappa shape index (κ1) is 11.7. The van der Waals surface area contributed by atoms with E-state index in [0.717, 1.165) is 25.6 Å². The van der Waals surface area contributed by atoms with Gasteiger partial charge < -0.3 is 9.80 Å². The number of hydrogen-bond donors (Lipinski definition) is 0. The molecule has 1 saturated heterocycles. The average molecular weight is 224 g/mol. The van der Waals surface area contributed by atoms with Crippen molar-refractivity contribution in [2.24, 2.45) is 5.92 Å². The minimum atomic E-state index is 0.253. The molecule has 0 spiro atoms. The van der Waals surface area contributed by atoms with E-state index in [1.165, 1.54) is 44.9 Å². The first-order valence-corrected chi connectivity index (χ1v) is 6.77. The van der Waals surface area contributed by atoms with E-state index >= 15 is 0 Å². The zero-order valence-corrected chi connectivity index (χ0v) is 10.5. The average Bonchev–Trinajstić information content (AvgIpc) is 2.83. The summed E-state index contributed by atoms with van der Waals surface area (Å²) in [7, 11) is 1.97. The summed E-state index contributed by atoms with van der Waals surface area (Å²) in [6, 6.07) is 0.253. The zero-order valence-electron chi connectivity index (χ0n) is 10.5. The van der Waals surface area contributed by atoms with Gasteiger partial charge in [0.25, 0.3) is 0 Å². The SMILES string of the molecule is CN(CC1CCCCC1)C(=O)N1CCCC1. The Hall–Kier alpha value is -0.730. The predicted molar refractivity (Wildman–Crippen MR) is 65.4 cm³/mol. The maximum Gasteiger partial charge on any atom is 0.319 e. The van der Waals surface area contributed by atoms with Gasteiger partial charge in [0.1, 0.15) is 0 Å². The Morgan fingerprint density at radius 3 is 2.38 bits per heavy atom. The van der Waals surface area contributed by atoms with Gasteiger partial charge in [-0.2, -0.15) is 0 Å². The summed E-state index contributed by atoms with van der Waals surface area (Å²) in [5.41, 5.74) is 0. The quantitative estimate of drug-likeness (QED) is 0.707. The zero-order chi connectivity index (χ0) is 11.4. The Bertz CT molecular complexity index is 230. The van der Waals surface area contributed by atoms with Crippen molar-refractivity contribution in [3.8, 4) is 0 Å². The number of hydrogen-bond acceptors (Lipinski definition) is 1. The van der Waals surface area contributed by atoms with E-state index in [1.54, 1.807) is 0 Å². The van der Waals surface area contributed by atoms with Gasteiger partial charge in [-0.25, -0.2) is 4.79 Å². The highest BCUT2D eigenvalue weighted by Gasteiger charge is 2.23. The fraction of sp³-hybridized carbons (Fsp3) is 0.923. The van der Waals surface area contributed by atoms with Crippen LogP contribution in [0.1, 0.15) is 44.9 Å². The third-order valence-corrected chi connectivity index (χ3v) is 3.96. The molecule has 2 amide bonds. The van der Waals surface area contributed by atoms with Gasteiger partial charge in [-0.05, 0) is 31.6 Å². The number of amides is 2. The molecule has 0 bridgehead atoms. The van der Waals surface area contributed by atoms with Crippen molar-refractivity contribution in [3.05, 3.63) is 0 Å². The molecule has 0 aromatic carbocycles. The number of likely N-dealkylation sites (tertiary alicyclic amines) is 1. The molecule has 1 heterocycles. The van der Waals surface area contributed by atoms with Crippen LogP contribution in [0.15, 0.2) is 0 Å². The van der Waals surface area contributed by atoms with Gasteiger partial charge in [0.2, 0.25) is 0 Å². The highest BCUT2D eigenvalue weighted by atomic mass is 16.2. The van der Waals surface area contributed by atoms with Gasteiger partial charge in [0.05, 0.1) is 0 Å². The molecule has 2 rings (SSSR count). The van der Waals surface area contributed by atoms with Gasteiger partial charge >= 0.3 is 6.03 Å². The summed E-state index contributed by atoms with van der Waals surface area (Å²) < 4.78 is 0. The molecular formula is C13H24N2O. The smallest absolute Gasteiger partial charge is 0.319 e. The number of rotatable bonds is 2. The van der Waals surface area contributed by atoms with Gasteiger partial charge in [-0.1, -0.05) is 19.3 Å². The summed E-state index contributed by atoms with van der Waals surface area (Å²) >= 11 is 0. The maximum absolute atomic E-state index is 12.1. The molecule has 1 aliphatic carbocycles. The monoisotopic (exact) mass is 224 g/mol. The molecule has 1 aliphatic heterocycles. The van der Waals surface area contributed by atoms with Gasteiger partial charge in [-0.15, -0.1) is 0 Å². The summed E-state index contributed by atoms with van der Waals surface area (Å²) in [5.74, 6) is 0.755. The van der Waals surface area contributed by atoms with Crippen molar-refractivity contribution >= 4 is 6.03 Å². The van der Waals surface area contributed by atoms with Gasteiger partial charge in [0, 0.05) is 26.7 Å². The van der Waals surface area contributed by atoms with E-state index in [1.807, 2.05) is 16.8 Å². The Morgan fingerprint density at radius 2 is 1.75 bits per heavy atom. The van der Waals surface area contributed by atoms with Crippen molar-refractivity contribution < 1.29 is 4.79 Å². The van der Waals surface area contributed by atoms with Crippen LogP contribution in [0.4, 0.5) is 4.79 Å². The first-order chi connectivity index (χ1) is 7.77. The molecule has 0 N–H and O–H groups in total. The van der Waals surface area contributed by atoms with E-state index < -0.39 is 0 Å². The molecule has 2 fully saturated rings. The van der Waals surface area contributed by atoms with Crippen LogP contribution < -0.4 is 0 Å². The fourth-order valence-electron chi connectivity index (χ4n) is 2.98. The highest BCUT2D eigenvalue weighted by Crippen LogP contribution is 2.24. The number of urea groups is 1. The lowest BCUT2D eigenvalue weighted by atomic mass is 9.89. The Labute approximate surface area is 98.8 Å². The van der Waals surface area contributed by atoms with Crippen LogP contribution >= 0.6 is 0 Å². The summed E-state index contributed by atoms with van der Waals surface area (Å²) in [4.78, 5) is 16.0. The Kier molecular flexibility index (Phi) is 4.08. The second-order valence-corrected chi connectivity index (χ2v) is 5.36. The molecule has 2 aliphatic rings. The van der Waals surface area contributed by atoms with Crippen LogP contribution in [-0.2, 0) is 0 Å². The van der Waals surface area contributed by atoms with Crippen molar-refractivity contribution in [2.75, 3.05) is 26.7 Å². The second kappa shape index (κ2) is 5.55. The molecule has 3 heteroatoms. The van der Waals surface area contributed by atoms with E-state index in [4.69, 9.17) is 0 Å². The minimum Gasteiger partial charge on any atom is -0.327 e. The minimum absolute atomic E-state index is 0.253. The molecule has 0 aromatic rings. The van der Waals surface area contributed by atoms with Crippen LogP contribution in [0.25, 0.3) is 0 Å². The molecule has 1 saturated carbocycles. The summed E-state index contributed by atoms with van der Waals surface area (Å²) in [6.45, 7) is 2.90. The molecule has 92 valence electrons. The Morgan fingerprint density at radius 1 is 1.12 bits per heavy atom. The largest absolute Gasteiger partial charge is 0.327 e. The molecule has 0 aromatic heterocycles. The molecule has 16 heavy (non-hydrogen) atoms. The van der Waals surface area contributed by atoms with Crippen LogP contribution in [0.2, 0.25) is 0 Å². The topological polar surface area (TPSA) is 23.6 Å². The van der Waals surface area contributed by atoms with Crippen molar-refractivity contribution in [3.63, 3.8) is 0 Å². The van der Waals surface area contributed by atoms with Crippen molar-refractivity contribution in [1.82, 2.24) is 9.80 Å². The van der Waals surface area contributed by atoms with E-state index in [9.17, 15) is 4.79 Å². The molecule has 3 nitrogen and oxygen atoms in total. The van der Waals surface area contributed by atoms with Crippen LogP contribution in [-0.4, -0.2) is 42.5 Å². The summed E-state index contributed by atoms with van der Waals surface area (Å²) in [5, 5.41) is 0. The molecule has 0 radical (unpaired) electrons. The van der Waals surface area contributed by atoms with E-state index in [-0.39, 0.29) is 6.03 Å². The molecule has 0 unspecified atom stereocenters. The number of carbonyl (C=O) groups is 1. The lowest BCUT2D eigenvalue weighted by Crippen LogP contribution is -2.41. The molecule has 0 atom stereocenters. The van der Waals surface area contributed by atoms with Gasteiger partial charge in [-0.3, -0.25) is 0 Å². The molecular weight excluding hydrogens is 200 g/mol. The fourth-order valence-corrected chi connectivity index (χ4v) is 2.98. The maximum atomic E-state index is 12.1. The number of nitrogens with zero attached hydrogens (tertiary/aromatic N) is 2. The third-order valence-electron chi connectivity index (χ3n) is 3.96. The van der Waals surface area contributed by atoms with Crippen LogP contribution in [0.5, 0.6) is 0 Å².